The number of likely N-dealkylation sites (tertiary alicyclic amines) is 1. The average Bonchev–Trinajstić information content (AvgIpc) is 2.45. The van der Waals surface area contributed by atoms with Gasteiger partial charge >= 0.3 is 5.97 Å². The van der Waals surface area contributed by atoms with Gasteiger partial charge < -0.3 is 20.2 Å². The van der Waals surface area contributed by atoms with Gasteiger partial charge in [0.1, 0.15) is 5.41 Å². The molecule has 0 aromatic carbocycles. The maximum absolute atomic E-state index is 11.7. The van der Waals surface area contributed by atoms with E-state index in [-0.39, 0.29) is 13.1 Å². The molecule has 3 N–H and O–H groups in total. The van der Waals surface area contributed by atoms with Crippen LogP contribution in [-0.2, 0) is 9.59 Å². The molecule has 0 aromatic rings. The Labute approximate surface area is 87.1 Å². The van der Waals surface area contributed by atoms with Crippen molar-refractivity contribution in [3.05, 3.63) is 0 Å². The Hall–Kier alpha value is -1.14. The van der Waals surface area contributed by atoms with Gasteiger partial charge in [0.05, 0.1) is 12.2 Å². The lowest BCUT2D eigenvalue weighted by molar-refractivity contribution is -0.158. The molecule has 1 aliphatic rings. The minimum absolute atomic E-state index is 0.0172. The molecule has 1 aliphatic heterocycles. The number of carboxylic acids is 1. The van der Waals surface area contributed by atoms with E-state index in [4.69, 9.17) is 5.11 Å². The lowest BCUT2D eigenvalue weighted by Crippen LogP contribution is -2.44. The maximum Gasteiger partial charge on any atom is 0.318 e. The van der Waals surface area contributed by atoms with Crippen LogP contribution in [-0.4, -0.2) is 57.4 Å². The van der Waals surface area contributed by atoms with Crippen molar-refractivity contribution in [1.82, 2.24) is 4.90 Å². The molecule has 2 atom stereocenters. The second-order valence-electron chi connectivity index (χ2n) is 4.27. The van der Waals surface area contributed by atoms with Gasteiger partial charge in [0, 0.05) is 13.1 Å². The van der Waals surface area contributed by atoms with Crippen molar-refractivity contribution >= 4 is 11.9 Å². The van der Waals surface area contributed by atoms with Gasteiger partial charge in [-0.2, -0.15) is 0 Å². The Morgan fingerprint density at radius 2 is 1.60 bits per heavy atom. The summed E-state index contributed by atoms with van der Waals surface area (Å²) in [6.45, 7) is 2.57. The predicted molar refractivity (Wildman–Crippen MR) is 50.0 cm³/mol. The van der Waals surface area contributed by atoms with Crippen LogP contribution in [0.25, 0.3) is 0 Å². The lowest BCUT2D eigenvalue weighted by Gasteiger charge is -2.25. The van der Waals surface area contributed by atoms with Crippen LogP contribution in [0.15, 0.2) is 0 Å². The van der Waals surface area contributed by atoms with Gasteiger partial charge in [-0.15, -0.1) is 0 Å². The Balaban J connectivity index is 2.75. The maximum atomic E-state index is 11.7. The molecule has 2 unspecified atom stereocenters. The molecule has 0 aliphatic carbocycles. The summed E-state index contributed by atoms with van der Waals surface area (Å²) >= 11 is 0. The molecule has 0 bridgehead atoms. The van der Waals surface area contributed by atoms with Crippen LogP contribution >= 0.6 is 0 Å². The molecule has 6 heteroatoms. The largest absolute Gasteiger partial charge is 0.480 e. The molecule has 1 amide bonds. The van der Waals surface area contributed by atoms with Gasteiger partial charge in [0.25, 0.3) is 0 Å². The summed E-state index contributed by atoms with van der Waals surface area (Å²) in [6, 6.07) is 0. The molecule has 0 spiro atoms. The molecular weight excluding hydrogens is 202 g/mol. The zero-order valence-corrected chi connectivity index (χ0v) is 8.67. The summed E-state index contributed by atoms with van der Waals surface area (Å²) in [6.07, 6.45) is -1.97. The number of aliphatic hydroxyl groups is 2. The summed E-state index contributed by atoms with van der Waals surface area (Å²) < 4.78 is 0. The second-order valence-corrected chi connectivity index (χ2v) is 4.27. The number of β-amino-alcohol motifs (C(OH)–C–C–N with tert-alkyl or cyclic N) is 2. The third-order valence-corrected chi connectivity index (χ3v) is 2.62. The predicted octanol–water partition coefficient (Wildman–Crippen LogP) is -1.34. The number of carbonyl (C=O) groups excluding carboxylic acids is 1. The van der Waals surface area contributed by atoms with Crippen LogP contribution in [0.4, 0.5) is 0 Å². The Morgan fingerprint density at radius 3 is 1.93 bits per heavy atom. The number of carbonyl (C=O) groups is 2. The molecule has 15 heavy (non-hydrogen) atoms. The first-order chi connectivity index (χ1) is 6.76. The van der Waals surface area contributed by atoms with Crippen LogP contribution in [0.3, 0.4) is 0 Å². The van der Waals surface area contributed by atoms with Gasteiger partial charge in [0.2, 0.25) is 5.91 Å². The molecule has 1 fully saturated rings. The van der Waals surface area contributed by atoms with Crippen LogP contribution in [0, 0.1) is 5.41 Å². The van der Waals surface area contributed by atoms with E-state index in [2.05, 4.69) is 0 Å². The number of hydrogen-bond donors (Lipinski definition) is 3. The second kappa shape index (κ2) is 3.79. The first-order valence-corrected chi connectivity index (χ1v) is 4.65. The number of amides is 1. The van der Waals surface area contributed by atoms with Crippen LogP contribution in [0.1, 0.15) is 13.8 Å². The summed E-state index contributed by atoms with van der Waals surface area (Å²) in [5, 5.41) is 27.3. The van der Waals surface area contributed by atoms with E-state index in [1.165, 1.54) is 18.7 Å². The zero-order chi connectivity index (χ0) is 11.8. The summed E-state index contributed by atoms with van der Waals surface area (Å²) in [5.41, 5.74) is -1.52. The number of rotatable bonds is 2. The van der Waals surface area contributed by atoms with Crippen molar-refractivity contribution in [3.63, 3.8) is 0 Å². The Bertz CT molecular complexity index is 278. The Kier molecular flexibility index (Phi) is 3.01. The number of aliphatic hydroxyl groups excluding tert-OH is 2. The van der Waals surface area contributed by atoms with Crippen LogP contribution in [0.2, 0.25) is 0 Å². The molecule has 1 heterocycles. The average molecular weight is 217 g/mol. The van der Waals surface area contributed by atoms with Gasteiger partial charge in [-0.1, -0.05) is 0 Å². The highest BCUT2D eigenvalue weighted by Gasteiger charge is 2.43. The first-order valence-electron chi connectivity index (χ1n) is 4.65. The number of hydrogen-bond acceptors (Lipinski definition) is 4. The van der Waals surface area contributed by atoms with Gasteiger partial charge in [-0.25, -0.2) is 0 Å². The molecular formula is C9H15NO5. The van der Waals surface area contributed by atoms with E-state index < -0.39 is 29.5 Å². The minimum atomic E-state index is -1.52. The fourth-order valence-electron chi connectivity index (χ4n) is 1.42. The normalized spacial score (nSPS) is 26.8. The highest BCUT2D eigenvalue weighted by Crippen LogP contribution is 2.22. The van der Waals surface area contributed by atoms with Crippen molar-refractivity contribution in [1.29, 1.82) is 0 Å². The van der Waals surface area contributed by atoms with E-state index in [0.717, 1.165) is 0 Å². The lowest BCUT2D eigenvalue weighted by atomic mass is 9.92. The highest BCUT2D eigenvalue weighted by molar-refractivity contribution is 6.01. The van der Waals surface area contributed by atoms with Gasteiger partial charge in [-0.05, 0) is 13.8 Å². The van der Waals surface area contributed by atoms with Crippen molar-refractivity contribution in [2.75, 3.05) is 13.1 Å². The number of aliphatic carboxylic acids is 1. The summed E-state index contributed by atoms with van der Waals surface area (Å²) in [7, 11) is 0. The SMILES string of the molecule is CC(C)(C(=O)O)C(=O)N1CC(O)C(O)C1. The molecule has 1 rings (SSSR count). The van der Waals surface area contributed by atoms with E-state index in [0.29, 0.717) is 0 Å². The standard InChI is InChI=1S/C9H15NO5/c1-9(2,8(14)15)7(13)10-3-5(11)6(12)4-10/h5-6,11-12H,3-4H2,1-2H3,(H,14,15). The van der Waals surface area contributed by atoms with Crippen LogP contribution < -0.4 is 0 Å². The molecule has 86 valence electrons. The smallest absolute Gasteiger partial charge is 0.318 e. The minimum Gasteiger partial charge on any atom is -0.480 e. The van der Waals surface area contributed by atoms with Crippen LogP contribution in [0.5, 0.6) is 0 Å². The topological polar surface area (TPSA) is 98.1 Å². The van der Waals surface area contributed by atoms with Crippen molar-refractivity contribution in [2.45, 2.75) is 26.1 Å². The van der Waals surface area contributed by atoms with Crippen molar-refractivity contribution < 1.29 is 24.9 Å². The fraction of sp³-hybridized carbons (Fsp3) is 0.778. The Morgan fingerprint density at radius 1 is 1.20 bits per heavy atom. The molecule has 0 saturated carbocycles. The fourth-order valence-corrected chi connectivity index (χ4v) is 1.42. The van der Waals surface area contributed by atoms with E-state index in [9.17, 15) is 19.8 Å². The zero-order valence-electron chi connectivity index (χ0n) is 8.67. The highest BCUT2D eigenvalue weighted by atomic mass is 16.4. The monoisotopic (exact) mass is 217 g/mol. The van der Waals surface area contributed by atoms with E-state index in [1.54, 1.807) is 0 Å². The quantitative estimate of drug-likeness (QED) is 0.497. The first kappa shape index (κ1) is 11.9. The van der Waals surface area contributed by atoms with Gasteiger partial charge in [-0.3, -0.25) is 9.59 Å². The van der Waals surface area contributed by atoms with Crippen molar-refractivity contribution in [2.24, 2.45) is 5.41 Å². The summed E-state index contributed by atoms with van der Waals surface area (Å²) in [4.78, 5) is 23.7. The third-order valence-electron chi connectivity index (χ3n) is 2.62. The molecule has 0 radical (unpaired) electrons. The third kappa shape index (κ3) is 2.10. The molecule has 1 saturated heterocycles. The summed E-state index contributed by atoms with van der Waals surface area (Å²) in [5.74, 6) is -1.81. The molecule has 0 aromatic heterocycles. The van der Waals surface area contributed by atoms with E-state index >= 15 is 0 Å². The van der Waals surface area contributed by atoms with Gasteiger partial charge in [0.15, 0.2) is 0 Å². The number of carboxylic acid groups (broad SMARTS) is 1. The number of nitrogens with zero attached hydrogens (tertiary/aromatic N) is 1. The van der Waals surface area contributed by atoms with E-state index in [1.807, 2.05) is 0 Å². The molecule has 6 nitrogen and oxygen atoms in total. The van der Waals surface area contributed by atoms with Crippen molar-refractivity contribution in [3.8, 4) is 0 Å².